The third kappa shape index (κ3) is 3.54. The van der Waals surface area contributed by atoms with E-state index in [4.69, 9.17) is 4.74 Å². The lowest BCUT2D eigenvalue weighted by Crippen LogP contribution is -2.43. The highest BCUT2D eigenvalue weighted by Crippen LogP contribution is 2.27. The number of morpholine rings is 1. The van der Waals surface area contributed by atoms with Crippen molar-refractivity contribution in [2.24, 2.45) is 5.92 Å². The highest BCUT2D eigenvalue weighted by atomic mass is 79.9. The van der Waals surface area contributed by atoms with Crippen LogP contribution in [0.4, 0.5) is 0 Å². The summed E-state index contributed by atoms with van der Waals surface area (Å²) in [6.45, 7) is 6.22. The van der Waals surface area contributed by atoms with E-state index in [1.54, 1.807) is 0 Å². The summed E-state index contributed by atoms with van der Waals surface area (Å²) >= 11 is 3.58. The van der Waals surface area contributed by atoms with Crippen LogP contribution in [0.2, 0.25) is 0 Å². The Hall–Kier alpha value is -0.380. The van der Waals surface area contributed by atoms with E-state index in [1.165, 1.54) is 12.0 Å². The molecule has 0 bridgehead atoms. The molecule has 2 unspecified atom stereocenters. The highest BCUT2D eigenvalue weighted by Gasteiger charge is 2.23. The molecule has 2 atom stereocenters. The number of ether oxygens (including phenoxy) is 1. The van der Waals surface area contributed by atoms with Crippen molar-refractivity contribution in [3.63, 3.8) is 0 Å². The van der Waals surface area contributed by atoms with Crippen molar-refractivity contribution in [3.8, 4) is 0 Å². The van der Waals surface area contributed by atoms with Crippen molar-refractivity contribution in [1.29, 1.82) is 0 Å². The lowest BCUT2D eigenvalue weighted by Gasteiger charge is -2.32. The van der Waals surface area contributed by atoms with Crippen LogP contribution in [0.3, 0.4) is 0 Å². The van der Waals surface area contributed by atoms with E-state index in [2.05, 4.69) is 53.3 Å². The van der Waals surface area contributed by atoms with Gasteiger partial charge in [0.2, 0.25) is 0 Å². The second-order valence-corrected chi connectivity index (χ2v) is 5.93. The minimum Gasteiger partial charge on any atom is -0.371 e. The van der Waals surface area contributed by atoms with Gasteiger partial charge in [-0.05, 0) is 24.0 Å². The van der Waals surface area contributed by atoms with E-state index in [0.717, 1.165) is 23.5 Å². The minimum absolute atomic E-state index is 0.175. The number of halogens is 1. The van der Waals surface area contributed by atoms with Gasteiger partial charge < -0.3 is 10.1 Å². The summed E-state index contributed by atoms with van der Waals surface area (Å²) in [7, 11) is 0. The summed E-state index contributed by atoms with van der Waals surface area (Å²) in [6.07, 6.45) is 1.36. The van der Waals surface area contributed by atoms with Gasteiger partial charge in [-0.2, -0.15) is 0 Å². The monoisotopic (exact) mass is 297 g/mol. The predicted octanol–water partition coefficient (Wildman–Crippen LogP) is 3.52. The van der Waals surface area contributed by atoms with Crippen LogP contribution in [0.15, 0.2) is 28.7 Å². The SMILES string of the molecule is CC(C)CC1COC(c2ccccc2Br)CN1. The number of benzene rings is 1. The third-order valence-corrected chi connectivity index (χ3v) is 3.82. The molecule has 0 spiro atoms. The minimum atomic E-state index is 0.175. The summed E-state index contributed by atoms with van der Waals surface area (Å²) in [5.74, 6) is 0.719. The van der Waals surface area contributed by atoms with Gasteiger partial charge >= 0.3 is 0 Å². The molecule has 0 aromatic heterocycles. The maximum Gasteiger partial charge on any atom is 0.0960 e. The first-order valence-corrected chi connectivity index (χ1v) is 7.05. The molecule has 1 fully saturated rings. The van der Waals surface area contributed by atoms with Crippen molar-refractivity contribution < 1.29 is 4.74 Å². The molecule has 17 heavy (non-hydrogen) atoms. The summed E-state index contributed by atoms with van der Waals surface area (Å²) < 4.78 is 7.10. The van der Waals surface area contributed by atoms with Gasteiger partial charge in [-0.3, -0.25) is 0 Å². The lowest BCUT2D eigenvalue weighted by molar-refractivity contribution is -0.00168. The predicted molar refractivity (Wildman–Crippen MR) is 74.1 cm³/mol. The number of nitrogens with one attached hydrogen (secondary N) is 1. The Balaban J connectivity index is 1.93. The van der Waals surface area contributed by atoms with Gasteiger partial charge in [-0.25, -0.2) is 0 Å². The molecule has 2 nitrogen and oxygen atoms in total. The molecular weight excluding hydrogens is 278 g/mol. The molecule has 1 aliphatic heterocycles. The summed E-state index contributed by atoms with van der Waals surface area (Å²) in [4.78, 5) is 0. The Morgan fingerprint density at radius 3 is 2.76 bits per heavy atom. The van der Waals surface area contributed by atoms with Crippen LogP contribution in [-0.2, 0) is 4.74 Å². The first kappa shape index (κ1) is 13.1. The maximum atomic E-state index is 5.97. The fourth-order valence-electron chi connectivity index (χ4n) is 2.28. The first-order valence-electron chi connectivity index (χ1n) is 6.26. The highest BCUT2D eigenvalue weighted by molar-refractivity contribution is 9.10. The van der Waals surface area contributed by atoms with Gasteiger partial charge in [0.1, 0.15) is 0 Å². The lowest BCUT2D eigenvalue weighted by atomic mass is 10.0. The average molecular weight is 298 g/mol. The number of rotatable bonds is 3. The molecule has 3 heteroatoms. The molecule has 0 amide bonds. The van der Waals surface area contributed by atoms with Crippen LogP contribution in [0, 0.1) is 5.92 Å². The molecule has 1 heterocycles. The Labute approximate surface area is 112 Å². The van der Waals surface area contributed by atoms with E-state index in [-0.39, 0.29) is 6.10 Å². The second-order valence-electron chi connectivity index (χ2n) is 5.08. The van der Waals surface area contributed by atoms with Gasteiger partial charge in [0.25, 0.3) is 0 Å². The third-order valence-electron chi connectivity index (χ3n) is 3.10. The van der Waals surface area contributed by atoms with Gasteiger partial charge in [-0.1, -0.05) is 48.0 Å². The molecule has 1 aromatic rings. The zero-order valence-electron chi connectivity index (χ0n) is 10.4. The van der Waals surface area contributed by atoms with E-state index < -0.39 is 0 Å². The number of hydrogen-bond acceptors (Lipinski definition) is 2. The molecule has 1 saturated heterocycles. The average Bonchev–Trinajstić information content (AvgIpc) is 2.30. The first-order chi connectivity index (χ1) is 8.16. The fourth-order valence-corrected chi connectivity index (χ4v) is 2.82. The molecule has 0 aliphatic carbocycles. The molecule has 2 rings (SSSR count). The quantitative estimate of drug-likeness (QED) is 0.922. The van der Waals surface area contributed by atoms with E-state index >= 15 is 0 Å². The topological polar surface area (TPSA) is 21.3 Å². The van der Waals surface area contributed by atoms with Gasteiger partial charge in [-0.15, -0.1) is 0 Å². The second kappa shape index (κ2) is 5.98. The smallest absolute Gasteiger partial charge is 0.0960 e. The van der Waals surface area contributed by atoms with Crippen molar-refractivity contribution in [2.75, 3.05) is 13.2 Å². The van der Waals surface area contributed by atoms with Crippen LogP contribution >= 0.6 is 15.9 Å². The molecule has 0 radical (unpaired) electrons. The molecule has 0 saturated carbocycles. The zero-order valence-corrected chi connectivity index (χ0v) is 12.0. The molecule has 94 valence electrons. The van der Waals surface area contributed by atoms with Crippen molar-refractivity contribution >= 4 is 15.9 Å². The van der Waals surface area contributed by atoms with Gasteiger partial charge in [0.15, 0.2) is 0 Å². The van der Waals surface area contributed by atoms with Crippen LogP contribution in [-0.4, -0.2) is 19.2 Å². The largest absolute Gasteiger partial charge is 0.371 e. The summed E-state index contributed by atoms with van der Waals surface area (Å²) in [6, 6.07) is 8.79. The Kier molecular flexibility index (Phi) is 4.60. The zero-order chi connectivity index (χ0) is 12.3. The van der Waals surface area contributed by atoms with Crippen LogP contribution in [0.25, 0.3) is 0 Å². The van der Waals surface area contributed by atoms with Crippen molar-refractivity contribution in [2.45, 2.75) is 32.4 Å². The standard InChI is InChI=1S/C14H20BrNO/c1-10(2)7-11-9-17-14(8-16-11)12-5-3-4-6-13(12)15/h3-6,10-11,14,16H,7-9H2,1-2H3. The van der Waals surface area contributed by atoms with Crippen molar-refractivity contribution in [3.05, 3.63) is 34.3 Å². The van der Waals surface area contributed by atoms with E-state index in [1.807, 2.05) is 6.07 Å². The molecule has 1 N–H and O–H groups in total. The summed E-state index contributed by atoms with van der Waals surface area (Å²) in [5, 5.41) is 3.58. The summed E-state index contributed by atoms with van der Waals surface area (Å²) in [5.41, 5.74) is 1.24. The Morgan fingerprint density at radius 2 is 2.18 bits per heavy atom. The molecule has 1 aromatic carbocycles. The molecule has 1 aliphatic rings. The molecular formula is C14H20BrNO. The Bertz CT molecular complexity index is 359. The fraction of sp³-hybridized carbons (Fsp3) is 0.571. The normalized spacial score (nSPS) is 25.2. The van der Waals surface area contributed by atoms with Crippen LogP contribution in [0.1, 0.15) is 31.9 Å². The van der Waals surface area contributed by atoms with Crippen LogP contribution < -0.4 is 5.32 Å². The van der Waals surface area contributed by atoms with E-state index in [0.29, 0.717) is 6.04 Å². The number of hydrogen-bond donors (Lipinski definition) is 1. The van der Waals surface area contributed by atoms with Gasteiger partial charge in [0, 0.05) is 17.1 Å². The van der Waals surface area contributed by atoms with Crippen LogP contribution in [0.5, 0.6) is 0 Å². The van der Waals surface area contributed by atoms with Gasteiger partial charge in [0.05, 0.1) is 12.7 Å². The van der Waals surface area contributed by atoms with E-state index in [9.17, 15) is 0 Å². The maximum absolute atomic E-state index is 5.97. The van der Waals surface area contributed by atoms with Crippen molar-refractivity contribution in [1.82, 2.24) is 5.32 Å². The Morgan fingerprint density at radius 1 is 1.41 bits per heavy atom.